The van der Waals surface area contributed by atoms with Gasteiger partial charge in [0.25, 0.3) is 11.8 Å². The van der Waals surface area contributed by atoms with E-state index in [1.54, 1.807) is 41.3 Å². The normalized spacial score (nSPS) is 16.6. The van der Waals surface area contributed by atoms with Crippen molar-refractivity contribution in [3.05, 3.63) is 54.0 Å². The average Bonchev–Trinajstić information content (AvgIpc) is 3.33. The molecular formula is C19H22N2O4. The van der Waals surface area contributed by atoms with Crippen molar-refractivity contribution in [3.63, 3.8) is 0 Å². The molecule has 1 unspecified atom stereocenters. The van der Waals surface area contributed by atoms with E-state index in [0.717, 1.165) is 19.4 Å². The zero-order valence-corrected chi connectivity index (χ0v) is 14.2. The lowest BCUT2D eigenvalue weighted by atomic mass is 10.1. The van der Waals surface area contributed by atoms with Crippen LogP contribution in [0.15, 0.2) is 47.1 Å². The summed E-state index contributed by atoms with van der Waals surface area (Å²) >= 11 is 0. The molecule has 3 rings (SSSR count). The summed E-state index contributed by atoms with van der Waals surface area (Å²) in [5.74, 6) is -0.182. The standard InChI is InChI=1S/C19H22N2O4/c1-2-21(13-16-8-4-10-24-16)19(23)14-6-3-7-15(12-14)20-18(22)17-9-5-11-25-17/h3,5-7,9,11-12,16H,2,4,8,10,13H2,1H3,(H,20,22). The number of nitrogens with zero attached hydrogens (tertiary/aromatic N) is 1. The minimum atomic E-state index is -0.346. The van der Waals surface area contributed by atoms with Crippen LogP contribution in [0.2, 0.25) is 0 Å². The Labute approximate surface area is 146 Å². The third-order valence-electron chi connectivity index (χ3n) is 4.23. The number of amides is 2. The molecule has 25 heavy (non-hydrogen) atoms. The molecule has 1 aliphatic heterocycles. The topological polar surface area (TPSA) is 71.8 Å². The first-order chi connectivity index (χ1) is 12.2. The molecule has 1 N–H and O–H groups in total. The van der Waals surface area contributed by atoms with E-state index in [9.17, 15) is 9.59 Å². The van der Waals surface area contributed by atoms with E-state index in [1.165, 1.54) is 6.26 Å². The molecule has 132 valence electrons. The van der Waals surface area contributed by atoms with Gasteiger partial charge in [-0.2, -0.15) is 0 Å². The van der Waals surface area contributed by atoms with Crippen LogP contribution in [0.1, 0.15) is 40.7 Å². The van der Waals surface area contributed by atoms with Crippen molar-refractivity contribution in [3.8, 4) is 0 Å². The number of likely N-dealkylation sites (N-methyl/N-ethyl adjacent to an activating group) is 1. The molecule has 0 aliphatic carbocycles. The van der Waals surface area contributed by atoms with Crippen LogP contribution < -0.4 is 5.32 Å². The summed E-state index contributed by atoms with van der Waals surface area (Å²) in [6, 6.07) is 10.2. The predicted octanol–water partition coefficient (Wildman–Crippen LogP) is 3.17. The van der Waals surface area contributed by atoms with Crippen molar-refractivity contribution in [1.29, 1.82) is 0 Å². The van der Waals surface area contributed by atoms with Crippen LogP contribution in [0, 0.1) is 0 Å². The number of hydrogen-bond donors (Lipinski definition) is 1. The minimum Gasteiger partial charge on any atom is -0.459 e. The van der Waals surface area contributed by atoms with Crippen LogP contribution >= 0.6 is 0 Å². The molecule has 0 spiro atoms. The van der Waals surface area contributed by atoms with Gasteiger partial charge in [-0.3, -0.25) is 9.59 Å². The SMILES string of the molecule is CCN(CC1CCCO1)C(=O)c1cccc(NC(=O)c2ccco2)c1. The number of hydrogen-bond acceptors (Lipinski definition) is 4. The maximum Gasteiger partial charge on any atom is 0.291 e. The Kier molecular flexibility index (Phi) is 5.50. The number of carbonyl (C=O) groups excluding carboxylic acids is 2. The van der Waals surface area contributed by atoms with Crippen LogP contribution in [0.5, 0.6) is 0 Å². The van der Waals surface area contributed by atoms with Gasteiger partial charge in [0, 0.05) is 30.9 Å². The molecule has 0 radical (unpaired) electrons. The Hall–Kier alpha value is -2.60. The highest BCUT2D eigenvalue weighted by Gasteiger charge is 2.22. The van der Waals surface area contributed by atoms with E-state index in [-0.39, 0.29) is 23.7 Å². The number of furan rings is 1. The summed E-state index contributed by atoms with van der Waals surface area (Å²) in [5.41, 5.74) is 1.09. The lowest BCUT2D eigenvalue weighted by molar-refractivity contribution is 0.0539. The van der Waals surface area contributed by atoms with Crippen molar-refractivity contribution in [2.24, 2.45) is 0 Å². The molecule has 6 nitrogen and oxygen atoms in total. The Morgan fingerprint density at radius 2 is 2.16 bits per heavy atom. The lowest BCUT2D eigenvalue weighted by Crippen LogP contribution is -2.37. The van der Waals surface area contributed by atoms with Crippen molar-refractivity contribution >= 4 is 17.5 Å². The summed E-state index contributed by atoms with van der Waals surface area (Å²) in [5, 5.41) is 2.74. The molecule has 2 amide bonds. The fourth-order valence-corrected chi connectivity index (χ4v) is 2.90. The van der Waals surface area contributed by atoms with E-state index in [2.05, 4.69) is 5.32 Å². The first kappa shape index (κ1) is 17.2. The first-order valence-electron chi connectivity index (χ1n) is 8.53. The van der Waals surface area contributed by atoms with Crippen LogP contribution in [-0.4, -0.2) is 42.5 Å². The van der Waals surface area contributed by atoms with Gasteiger partial charge in [0.15, 0.2) is 5.76 Å². The smallest absolute Gasteiger partial charge is 0.291 e. The monoisotopic (exact) mass is 342 g/mol. The Balaban J connectivity index is 1.68. The van der Waals surface area contributed by atoms with E-state index < -0.39 is 0 Å². The van der Waals surface area contributed by atoms with Crippen LogP contribution in [0.3, 0.4) is 0 Å². The average molecular weight is 342 g/mol. The predicted molar refractivity (Wildman–Crippen MR) is 93.7 cm³/mol. The number of rotatable bonds is 6. The molecule has 2 heterocycles. The largest absolute Gasteiger partial charge is 0.459 e. The molecular weight excluding hydrogens is 320 g/mol. The third-order valence-corrected chi connectivity index (χ3v) is 4.23. The van der Waals surface area contributed by atoms with Crippen molar-refractivity contribution < 1.29 is 18.7 Å². The summed E-state index contributed by atoms with van der Waals surface area (Å²) < 4.78 is 10.7. The highest BCUT2D eigenvalue weighted by atomic mass is 16.5. The first-order valence-corrected chi connectivity index (χ1v) is 8.53. The van der Waals surface area contributed by atoms with Crippen LogP contribution in [-0.2, 0) is 4.74 Å². The Bertz CT molecular complexity index is 721. The fourth-order valence-electron chi connectivity index (χ4n) is 2.90. The van der Waals surface area contributed by atoms with E-state index in [0.29, 0.717) is 24.3 Å². The third kappa shape index (κ3) is 4.28. The van der Waals surface area contributed by atoms with Gasteiger partial charge in [-0.05, 0) is 50.1 Å². The highest BCUT2D eigenvalue weighted by Crippen LogP contribution is 2.17. The van der Waals surface area contributed by atoms with Gasteiger partial charge in [-0.15, -0.1) is 0 Å². The summed E-state index contributed by atoms with van der Waals surface area (Å²) in [6.45, 7) is 3.93. The molecule has 1 aliphatic rings. The van der Waals surface area contributed by atoms with Gasteiger partial charge in [0.2, 0.25) is 0 Å². The second kappa shape index (κ2) is 7.98. The van der Waals surface area contributed by atoms with E-state index in [1.807, 2.05) is 6.92 Å². The number of carbonyl (C=O) groups is 2. The zero-order valence-electron chi connectivity index (χ0n) is 14.2. The Morgan fingerprint density at radius 1 is 1.28 bits per heavy atom. The van der Waals surface area contributed by atoms with Gasteiger partial charge in [-0.25, -0.2) is 0 Å². The van der Waals surface area contributed by atoms with Gasteiger partial charge >= 0.3 is 0 Å². The highest BCUT2D eigenvalue weighted by molar-refractivity contribution is 6.03. The summed E-state index contributed by atoms with van der Waals surface area (Å²) in [6.07, 6.45) is 3.60. The van der Waals surface area contributed by atoms with E-state index >= 15 is 0 Å². The van der Waals surface area contributed by atoms with Gasteiger partial charge in [0.1, 0.15) is 0 Å². The van der Waals surface area contributed by atoms with Crippen molar-refractivity contribution in [2.45, 2.75) is 25.9 Å². The zero-order chi connectivity index (χ0) is 17.6. The fraction of sp³-hybridized carbons (Fsp3) is 0.368. The van der Waals surface area contributed by atoms with E-state index in [4.69, 9.17) is 9.15 Å². The number of nitrogens with one attached hydrogen (secondary N) is 1. The summed E-state index contributed by atoms with van der Waals surface area (Å²) in [4.78, 5) is 26.6. The lowest BCUT2D eigenvalue weighted by Gasteiger charge is -2.24. The van der Waals surface area contributed by atoms with Gasteiger partial charge < -0.3 is 19.4 Å². The number of anilines is 1. The van der Waals surface area contributed by atoms with Crippen molar-refractivity contribution in [2.75, 3.05) is 25.0 Å². The van der Waals surface area contributed by atoms with Gasteiger partial charge in [0.05, 0.1) is 12.4 Å². The molecule has 0 saturated carbocycles. The minimum absolute atomic E-state index is 0.0629. The Morgan fingerprint density at radius 3 is 2.84 bits per heavy atom. The molecule has 6 heteroatoms. The quantitative estimate of drug-likeness (QED) is 0.875. The molecule has 1 aromatic carbocycles. The number of benzene rings is 1. The molecule has 1 atom stereocenters. The molecule has 0 bridgehead atoms. The second-order valence-corrected chi connectivity index (χ2v) is 5.99. The summed E-state index contributed by atoms with van der Waals surface area (Å²) in [7, 11) is 0. The number of ether oxygens (including phenoxy) is 1. The molecule has 1 saturated heterocycles. The maximum atomic E-state index is 12.8. The molecule has 1 fully saturated rings. The maximum absolute atomic E-state index is 12.8. The molecule has 1 aromatic heterocycles. The second-order valence-electron chi connectivity index (χ2n) is 5.99. The van der Waals surface area contributed by atoms with Crippen LogP contribution in [0.4, 0.5) is 5.69 Å². The van der Waals surface area contributed by atoms with Crippen molar-refractivity contribution in [1.82, 2.24) is 4.90 Å². The molecule has 2 aromatic rings. The van der Waals surface area contributed by atoms with Gasteiger partial charge in [-0.1, -0.05) is 6.07 Å². The van der Waals surface area contributed by atoms with Crippen LogP contribution in [0.25, 0.3) is 0 Å².